The van der Waals surface area contributed by atoms with Gasteiger partial charge in [-0.15, -0.1) is 11.3 Å². The van der Waals surface area contributed by atoms with Gasteiger partial charge in [0.1, 0.15) is 16.8 Å². The molecule has 0 radical (unpaired) electrons. The van der Waals surface area contributed by atoms with Gasteiger partial charge in [-0.1, -0.05) is 35.9 Å². The molecule has 0 unspecified atom stereocenters. The van der Waals surface area contributed by atoms with Gasteiger partial charge in [-0.3, -0.25) is 10.1 Å². The number of nitro groups is 1. The van der Waals surface area contributed by atoms with Crippen molar-refractivity contribution in [2.24, 2.45) is 0 Å². The molecule has 1 aromatic heterocycles. The van der Waals surface area contributed by atoms with E-state index in [4.69, 9.17) is 0 Å². The summed E-state index contributed by atoms with van der Waals surface area (Å²) in [6.45, 7) is 2.02. The maximum absolute atomic E-state index is 11.2. The minimum absolute atomic E-state index is 0.0389. The van der Waals surface area contributed by atoms with Crippen molar-refractivity contribution in [3.05, 3.63) is 74.1 Å². The van der Waals surface area contributed by atoms with E-state index in [9.17, 15) is 15.4 Å². The molecule has 134 valence electrons. The first-order valence-corrected chi connectivity index (χ1v) is 9.00. The van der Waals surface area contributed by atoms with Crippen LogP contribution in [0.25, 0.3) is 22.9 Å². The van der Waals surface area contributed by atoms with E-state index >= 15 is 0 Å². The van der Waals surface area contributed by atoms with E-state index in [0.29, 0.717) is 21.8 Å². The Bertz CT molecular complexity index is 1060. The number of hydrogen-bond donors (Lipinski definition) is 1. The molecular weight excluding hydrogens is 360 g/mol. The summed E-state index contributed by atoms with van der Waals surface area (Å²) in [5.74, 6) is 0. The van der Waals surface area contributed by atoms with Crippen molar-refractivity contribution >= 4 is 34.4 Å². The highest BCUT2D eigenvalue weighted by Crippen LogP contribution is 2.30. The van der Waals surface area contributed by atoms with Crippen molar-refractivity contribution in [1.29, 1.82) is 5.26 Å². The summed E-state index contributed by atoms with van der Waals surface area (Å²) in [5, 5.41) is 26.0. The lowest BCUT2D eigenvalue weighted by Crippen LogP contribution is -1.96. The molecule has 0 aliphatic carbocycles. The second-order valence-electron chi connectivity index (χ2n) is 5.86. The third-order valence-electron chi connectivity index (χ3n) is 4.00. The van der Waals surface area contributed by atoms with Gasteiger partial charge in [0, 0.05) is 24.1 Å². The summed E-state index contributed by atoms with van der Waals surface area (Å²) in [6, 6.07) is 14.9. The Balaban J connectivity index is 1.96. The Morgan fingerprint density at radius 2 is 2.04 bits per heavy atom. The highest BCUT2D eigenvalue weighted by molar-refractivity contribution is 7.11. The monoisotopic (exact) mass is 376 g/mol. The van der Waals surface area contributed by atoms with Gasteiger partial charge in [-0.25, -0.2) is 4.98 Å². The van der Waals surface area contributed by atoms with Gasteiger partial charge in [0.2, 0.25) is 0 Å². The fourth-order valence-corrected chi connectivity index (χ4v) is 3.36. The molecule has 0 aliphatic heterocycles. The molecule has 0 saturated carbocycles. The average Bonchev–Trinajstić information content (AvgIpc) is 3.16. The van der Waals surface area contributed by atoms with E-state index in [1.54, 1.807) is 25.3 Å². The second kappa shape index (κ2) is 7.81. The Labute approximate surface area is 160 Å². The van der Waals surface area contributed by atoms with E-state index < -0.39 is 4.92 Å². The molecule has 6 nitrogen and oxygen atoms in total. The minimum atomic E-state index is -0.450. The van der Waals surface area contributed by atoms with E-state index in [1.165, 1.54) is 23.0 Å². The summed E-state index contributed by atoms with van der Waals surface area (Å²) < 4.78 is 0. The molecule has 2 aromatic carbocycles. The Hall–Kier alpha value is -3.50. The maximum Gasteiger partial charge on any atom is 0.292 e. The van der Waals surface area contributed by atoms with Crippen LogP contribution in [0.15, 0.2) is 47.8 Å². The van der Waals surface area contributed by atoms with Crippen LogP contribution in [0.4, 0.5) is 11.4 Å². The van der Waals surface area contributed by atoms with Gasteiger partial charge in [-0.2, -0.15) is 5.26 Å². The zero-order valence-corrected chi connectivity index (χ0v) is 15.6. The number of nitro benzene ring substituents is 1. The largest absolute Gasteiger partial charge is 0.383 e. The highest BCUT2D eigenvalue weighted by atomic mass is 32.1. The van der Waals surface area contributed by atoms with Crippen LogP contribution in [0.2, 0.25) is 0 Å². The summed E-state index contributed by atoms with van der Waals surface area (Å²) in [7, 11) is 1.63. The fraction of sp³-hybridized carbons (Fsp3) is 0.100. The van der Waals surface area contributed by atoms with Gasteiger partial charge in [0.25, 0.3) is 5.69 Å². The van der Waals surface area contributed by atoms with E-state index in [1.807, 2.05) is 36.6 Å². The van der Waals surface area contributed by atoms with E-state index in [0.717, 1.165) is 11.3 Å². The minimum Gasteiger partial charge on any atom is -0.383 e. The lowest BCUT2D eigenvalue weighted by Gasteiger charge is -2.03. The van der Waals surface area contributed by atoms with Gasteiger partial charge in [0.15, 0.2) is 0 Å². The number of allylic oxidation sites excluding steroid dienone is 1. The normalized spacial score (nSPS) is 11.1. The molecule has 0 spiro atoms. The molecule has 3 aromatic rings. The molecule has 1 heterocycles. The topological polar surface area (TPSA) is 91.8 Å². The summed E-state index contributed by atoms with van der Waals surface area (Å²) in [5.41, 5.74) is 4.27. The van der Waals surface area contributed by atoms with Crippen molar-refractivity contribution in [3.63, 3.8) is 0 Å². The van der Waals surface area contributed by atoms with Crippen molar-refractivity contribution < 1.29 is 4.92 Å². The average molecular weight is 376 g/mol. The molecule has 27 heavy (non-hydrogen) atoms. The molecule has 0 atom stereocenters. The van der Waals surface area contributed by atoms with Crippen molar-refractivity contribution in [1.82, 2.24) is 4.98 Å². The van der Waals surface area contributed by atoms with Gasteiger partial charge in [0.05, 0.1) is 16.2 Å². The Morgan fingerprint density at radius 3 is 2.67 bits per heavy atom. The number of nitrogens with zero attached hydrogens (tertiary/aromatic N) is 3. The van der Waals surface area contributed by atoms with E-state index in [-0.39, 0.29) is 5.69 Å². The fourth-order valence-electron chi connectivity index (χ4n) is 2.56. The third-order valence-corrected chi connectivity index (χ3v) is 4.88. The molecule has 0 aliphatic rings. The number of anilines is 1. The zero-order chi connectivity index (χ0) is 19.4. The molecule has 0 fully saturated rings. The van der Waals surface area contributed by atoms with Gasteiger partial charge < -0.3 is 5.32 Å². The number of aromatic nitrogens is 1. The zero-order valence-electron chi connectivity index (χ0n) is 14.8. The molecule has 0 saturated heterocycles. The molecule has 3 rings (SSSR count). The summed E-state index contributed by atoms with van der Waals surface area (Å²) in [6.07, 6.45) is 1.62. The van der Waals surface area contributed by atoms with Crippen LogP contribution in [0, 0.1) is 28.4 Å². The second-order valence-corrected chi connectivity index (χ2v) is 6.72. The van der Waals surface area contributed by atoms with Crippen molar-refractivity contribution in [2.45, 2.75) is 6.92 Å². The quantitative estimate of drug-likeness (QED) is 0.378. The first kappa shape index (κ1) is 18.3. The number of thiazole rings is 1. The lowest BCUT2D eigenvalue weighted by molar-refractivity contribution is -0.383. The highest BCUT2D eigenvalue weighted by Gasteiger charge is 2.14. The van der Waals surface area contributed by atoms with E-state index in [2.05, 4.69) is 16.4 Å². The number of hydrogen-bond acceptors (Lipinski definition) is 6. The van der Waals surface area contributed by atoms with Crippen molar-refractivity contribution in [3.8, 4) is 17.3 Å². The maximum atomic E-state index is 11.2. The number of nitriles is 1. The van der Waals surface area contributed by atoms with Crippen LogP contribution in [0.3, 0.4) is 0 Å². The van der Waals surface area contributed by atoms with Crippen molar-refractivity contribution in [2.75, 3.05) is 12.4 Å². The third kappa shape index (κ3) is 4.02. The van der Waals surface area contributed by atoms with Crippen LogP contribution < -0.4 is 5.32 Å². The SMILES string of the molecule is CNc1ccc(/C=C(/C#N)c2nc(-c3ccc(C)cc3)cs2)cc1[N+](=O)[O-]. The summed E-state index contributed by atoms with van der Waals surface area (Å²) in [4.78, 5) is 15.3. The molecular formula is C20H16N4O2S. The predicted octanol–water partition coefficient (Wildman–Crippen LogP) is 5.13. The lowest BCUT2D eigenvalue weighted by atomic mass is 10.1. The number of rotatable bonds is 5. The van der Waals surface area contributed by atoms with Crippen LogP contribution in [0.5, 0.6) is 0 Å². The van der Waals surface area contributed by atoms with Gasteiger partial charge >= 0.3 is 0 Å². The predicted molar refractivity (Wildman–Crippen MR) is 108 cm³/mol. The molecule has 7 heteroatoms. The number of benzene rings is 2. The van der Waals surface area contributed by atoms with Crippen LogP contribution in [-0.2, 0) is 0 Å². The van der Waals surface area contributed by atoms with Crippen LogP contribution in [0.1, 0.15) is 16.1 Å². The Kier molecular flexibility index (Phi) is 5.29. The first-order chi connectivity index (χ1) is 13.0. The standard InChI is InChI=1S/C20H16N4O2S/c1-13-3-6-15(7-4-13)18-12-27-20(23-18)16(11-21)9-14-5-8-17(22-2)19(10-14)24(25)26/h3-10,12,22H,1-2H3/b16-9-. The molecule has 0 amide bonds. The number of aryl methyl sites for hydroxylation is 1. The smallest absolute Gasteiger partial charge is 0.292 e. The first-order valence-electron chi connectivity index (χ1n) is 8.12. The molecule has 1 N–H and O–H groups in total. The Morgan fingerprint density at radius 1 is 1.30 bits per heavy atom. The number of nitrogens with one attached hydrogen (secondary N) is 1. The molecule has 0 bridgehead atoms. The summed E-state index contributed by atoms with van der Waals surface area (Å²) >= 11 is 1.37. The van der Waals surface area contributed by atoms with Crippen LogP contribution in [-0.4, -0.2) is 17.0 Å². The van der Waals surface area contributed by atoms with Gasteiger partial charge in [-0.05, 0) is 24.6 Å². The van der Waals surface area contributed by atoms with Crippen LogP contribution >= 0.6 is 11.3 Å².